The first-order valence-electron chi connectivity index (χ1n) is 5.59. The minimum absolute atomic E-state index is 0.205. The second-order valence-corrected chi connectivity index (χ2v) is 4.17. The van der Waals surface area contributed by atoms with Crippen LogP contribution in [0.5, 0.6) is 5.75 Å². The van der Waals surface area contributed by atoms with Crippen molar-refractivity contribution in [2.75, 3.05) is 13.2 Å². The predicted octanol–water partition coefficient (Wildman–Crippen LogP) is 3.48. The molecule has 0 spiro atoms. The van der Waals surface area contributed by atoms with Gasteiger partial charge in [0.15, 0.2) is 11.6 Å². The van der Waals surface area contributed by atoms with Crippen molar-refractivity contribution in [2.24, 2.45) is 5.73 Å². The molecule has 0 aliphatic carbocycles. The third kappa shape index (κ3) is 2.81. The summed E-state index contributed by atoms with van der Waals surface area (Å²) in [5.74, 6) is -0.211. The Bertz CT molecular complexity index is 545. The van der Waals surface area contributed by atoms with Gasteiger partial charge in [0.1, 0.15) is 6.61 Å². The van der Waals surface area contributed by atoms with E-state index < -0.39 is 5.82 Å². The Morgan fingerprint density at radius 2 is 1.94 bits per heavy atom. The Morgan fingerprint density at radius 3 is 2.61 bits per heavy atom. The van der Waals surface area contributed by atoms with Crippen LogP contribution in [-0.4, -0.2) is 13.2 Å². The average Bonchev–Trinajstić information content (AvgIpc) is 2.38. The standard InChI is InChI=1S/C14H13ClFNO/c15-12-4-2-1-3-11(12)10-5-6-14(13(16)9-10)18-8-7-17/h1-6,9H,7-8,17H2. The SMILES string of the molecule is NCCOc1ccc(-c2ccccc2Cl)cc1F. The maximum absolute atomic E-state index is 13.8. The van der Waals surface area contributed by atoms with E-state index in [9.17, 15) is 4.39 Å². The normalized spacial score (nSPS) is 10.4. The maximum Gasteiger partial charge on any atom is 0.165 e. The highest BCUT2D eigenvalue weighted by Crippen LogP contribution is 2.30. The van der Waals surface area contributed by atoms with Crippen LogP contribution in [0.1, 0.15) is 0 Å². The third-order valence-corrected chi connectivity index (χ3v) is 2.82. The van der Waals surface area contributed by atoms with Gasteiger partial charge in [-0.3, -0.25) is 0 Å². The molecule has 0 bridgehead atoms. The molecular weight excluding hydrogens is 253 g/mol. The molecule has 2 rings (SSSR count). The van der Waals surface area contributed by atoms with Crippen molar-refractivity contribution in [3.8, 4) is 16.9 Å². The molecule has 2 nitrogen and oxygen atoms in total. The van der Waals surface area contributed by atoms with E-state index in [1.54, 1.807) is 18.2 Å². The largest absolute Gasteiger partial charge is 0.489 e. The fourth-order valence-electron chi connectivity index (χ4n) is 1.65. The first-order chi connectivity index (χ1) is 8.72. The van der Waals surface area contributed by atoms with E-state index in [-0.39, 0.29) is 5.75 Å². The summed E-state index contributed by atoms with van der Waals surface area (Å²) in [7, 11) is 0. The Kier molecular flexibility index (Phi) is 4.18. The van der Waals surface area contributed by atoms with Gasteiger partial charge in [-0.1, -0.05) is 35.9 Å². The Hall–Kier alpha value is -1.58. The van der Waals surface area contributed by atoms with Crippen LogP contribution >= 0.6 is 11.6 Å². The predicted molar refractivity (Wildman–Crippen MR) is 71.4 cm³/mol. The zero-order chi connectivity index (χ0) is 13.0. The van der Waals surface area contributed by atoms with Crippen molar-refractivity contribution < 1.29 is 9.13 Å². The number of nitrogens with two attached hydrogens (primary N) is 1. The molecule has 0 radical (unpaired) electrons. The van der Waals surface area contributed by atoms with Crippen molar-refractivity contribution in [1.29, 1.82) is 0 Å². The van der Waals surface area contributed by atoms with Crippen LogP contribution in [-0.2, 0) is 0 Å². The van der Waals surface area contributed by atoms with Crippen LogP contribution < -0.4 is 10.5 Å². The van der Waals surface area contributed by atoms with Crippen LogP contribution in [0.25, 0.3) is 11.1 Å². The molecule has 0 aliphatic heterocycles. The van der Waals surface area contributed by atoms with E-state index in [0.717, 1.165) is 11.1 Å². The van der Waals surface area contributed by atoms with Gasteiger partial charge in [0, 0.05) is 17.1 Å². The summed E-state index contributed by atoms with van der Waals surface area (Å²) in [4.78, 5) is 0. The monoisotopic (exact) mass is 265 g/mol. The molecule has 4 heteroatoms. The highest BCUT2D eigenvalue weighted by atomic mass is 35.5. The molecule has 0 fully saturated rings. The zero-order valence-electron chi connectivity index (χ0n) is 9.70. The summed E-state index contributed by atoms with van der Waals surface area (Å²) in [6.45, 7) is 0.647. The smallest absolute Gasteiger partial charge is 0.165 e. The van der Waals surface area contributed by atoms with Crippen molar-refractivity contribution in [1.82, 2.24) is 0 Å². The van der Waals surface area contributed by atoms with Crippen LogP contribution in [0.2, 0.25) is 5.02 Å². The summed E-state index contributed by atoms with van der Waals surface area (Å²) in [5, 5.41) is 0.590. The van der Waals surface area contributed by atoms with Gasteiger partial charge in [0.05, 0.1) is 0 Å². The fourth-order valence-corrected chi connectivity index (χ4v) is 1.89. The van der Waals surface area contributed by atoms with E-state index in [4.69, 9.17) is 22.1 Å². The number of hydrogen-bond acceptors (Lipinski definition) is 2. The van der Waals surface area contributed by atoms with Crippen molar-refractivity contribution in [2.45, 2.75) is 0 Å². The summed E-state index contributed by atoms with van der Waals surface area (Å²) in [6, 6.07) is 12.1. The topological polar surface area (TPSA) is 35.2 Å². The first-order valence-corrected chi connectivity index (χ1v) is 5.97. The molecule has 18 heavy (non-hydrogen) atoms. The molecule has 0 saturated carbocycles. The van der Waals surface area contributed by atoms with Crippen molar-refractivity contribution >= 4 is 11.6 Å². The first kappa shape index (κ1) is 12.9. The van der Waals surface area contributed by atoms with E-state index in [1.165, 1.54) is 6.07 Å². The molecule has 0 aromatic heterocycles. The second kappa shape index (κ2) is 5.85. The second-order valence-electron chi connectivity index (χ2n) is 3.76. The van der Waals surface area contributed by atoms with E-state index in [2.05, 4.69) is 0 Å². The van der Waals surface area contributed by atoms with Gasteiger partial charge in [-0.2, -0.15) is 0 Å². The van der Waals surface area contributed by atoms with Gasteiger partial charge in [-0.05, 0) is 23.8 Å². The summed E-state index contributed by atoms with van der Waals surface area (Å²) >= 11 is 6.06. The number of rotatable bonds is 4. The van der Waals surface area contributed by atoms with Gasteiger partial charge in [-0.15, -0.1) is 0 Å². The quantitative estimate of drug-likeness (QED) is 0.919. The third-order valence-electron chi connectivity index (χ3n) is 2.49. The van der Waals surface area contributed by atoms with E-state index >= 15 is 0 Å². The average molecular weight is 266 g/mol. The molecule has 0 unspecified atom stereocenters. The number of halogens is 2. The van der Waals surface area contributed by atoms with Crippen LogP contribution in [0.3, 0.4) is 0 Å². The highest BCUT2D eigenvalue weighted by molar-refractivity contribution is 6.33. The molecule has 0 saturated heterocycles. The van der Waals surface area contributed by atoms with Crippen molar-refractivity contribution in [3.63, 3.8) is 0 Å². The zero-order valence-corrected chi connectivity index (χ0v) is 10.5. The van der Waals surface area contributed by atoms with Gasteiger partial charge < -0.3 is 10.5 Å². The van der Waals surface area contributed by atoms with Gasteiger partial charge >= 0.3 is 0 Å². The summed E-state index contributed by atoms with van der Waals surface area (Å²) < 4.78 is 19.0. The van der Waals surface area contributed by atoms with Gasteiger partial charge in [-0.25, -0.2) is 4.39 Å². The maximum atomic E-state index is 13.8. The Labute approximate surface area is 110 Å². The lowest BCUT2D eigenvalue weighted by Crippen LogP contribution is -2.11. The Morgan fingerprint density at radius 1 is 1.17 bits per heavy atom. The van der Waals surface area contributed by atoms with Crippen LogP contribution in [0.15, 0.2) is 42.5 Å². The molecule has 2 N–H and O–H groups in total. The van der Waals surface area contributed by atoms with E-state index in [0.29, 0.717) is 18.2 Å². The van der Waals surface area contributed by atoms with E-state index in [1.807, 2.05) is 18.2 Å². The molecule has 94 valence electrons. The molecule has 2 aromatic rings. The molecule has 0 atom stereocenters. The lowest BCUT2D eigenvalue weighted by molar-refractivity contribution is 0.311. The van der Waals surface area contributed by atoms with Gasteiger partial charge in [0.2, 0.25) is 0 Å². The minimum Gasteiger partial charge on any atom is -0.489 e. The lowest BCUT2D eigenvalue weighted by atomic mass is 10.1. The Balaban J connectivity index is 2.32. The summed E-state index contributed by atoms with van der Waals surface area (Å²) in [5.41, 5.74) is 6.82. The molecule has 2 aromatic carbocycles. The highest BCUT2D eigenvalue weighted by Gasteiger charge is 2.08. The molecule has 0 aliphatic rings. The molecule has 0 amide bonds. The minimum atomic E-state index is -0.416. The van der Waals surface area contributed by atoms with Crippen LogP contribution in [0.4, 0.5) is 4.39 Å². The molecular formula is C14H13ClFNO. The number of benzene rings is 2. The summed E-state index contributed by atoms with van der Waals surface area (Å²) in [6.07, 6.45) is 0. The van der Waals surface area contributed by atoms with Gasteiger partial charge in [0.25, 0.3) is 0 Å². The van der Waals surface area contributed by atoms with Crippen molar-refractivity contribution in [3.05, 3.63) is 53.3 Å². The fraction of sp³-hybridized carbons (Fsp3) is 0.143. The molecule has 0 heterocycles. The number of hydrogen-bond donors (Lipinski definition) is 1. The number of ether oxygens (including phenoxy) is 1. The van der Waals surface area contributed by atoms with Crippen LogP contribution in [0, 0.1) is 5.82 Å². The lowest BCUT2D eigenvalue weighted by Gasteiger charge is -2.08.